The Kier molecular flexibility index (Phi) is 3.75. The zero-order valence-electron chi connectivity index (χ0n) is 11.7. The van der Waals surface area contributed by atoms with Gasteiger partial charge in [0, 0.05) is 0 Å². The van der Waals surface area contributed by atoms with Gasteiger partial charge in [-0.1, -0.05) is 79.3 Å². The predicted octanol–water partition coefficient (Wildman–Crippen LogP) is 5.61. The standard InChI is InChI=1S/C14H30Si/c1-7-13(3,4)15(11-9-10-12-15)14(5,6)8-2/h7-12H2,1-6H3. The smallest absolute Gasteiger partial charge is 0.0649 e. The summed E-state index contributed by atoms with van der Waals surface area (Å²) in [6.45, 7) is 15.0. The van der Waals surface area contributed by atoms with Gasteiger partial charge in [0.1, 0.15) is 0 Å². The van der Waals surface area contributed by atoms with Crippen LogP contribution in [0.4, 0.5) is 0 Å². The highest BCUT2D eigenvalue weighted by molar-refractivity contribution is 6.85. The van der Waals surface area contributed by atoms with Crippen molar-refractivity contribution in [3.05, 3.63) is 0 Å². The third-order valence-corrected chi connectivity index (χ3v) is 14.1. The third kappa shape index (κ3) is 1.92. The maximum Gasteiger partial charge on any atom is 0.0649 e. The molecule has 0 radical (unpaired) electrons. The van der Waals surface area contributed by atoms with Gasteiger partial charge in [0.2, 0.25) is 0 Å². The first-order chi connectivity index (χ1) is 6.83. The minimum Gasteiger partial charge on any atom is -0.0651 e. The summed E-state index contributed by atoms with van der Waals surface area (Å²) in [4.78, 5) is 0. The lowest BCUT2D eigenvalue weighted by Gasteiger charge is -2.53. The summed E-state index contributed by atoms with van der Waals surface area (Å²) >= 11 is 0. The monoisotopic (exact) mass is 226 g/mol. The zero-order chi connectivity index (χ0) is 11.7. The van der Waals surface area contributed by atoms with E-state index < -0.39 is 8.07 Å². The Morgan fingerprint density at radius 2 is 1.13 bits per heavy atom. The van der Waals surface area contributed by atoms with E-state index in [0.29, 0.717) is 10.1 Å². The normalized spacial score (nSPS) is 22.0. The molecule has 0 amide bonds. The molecule has 15 heavy (non-hydrogen) atoms. The molecular formula is C14H30Si. The van der Waals surface area contributed by atoms with Crippen LogP contribution in [0.2, 0.25) is 22.2 Å². The Morgan fingerprint density at radius 1 is 0.800 bits per heavy atom. The molecule has 0 atom stereocenters. The maximum atomic E-state index is 2.56. The molecule has 1 heterocycles. The second-order valence-electron chi connectivity index (χ2n) is 6.76. The van der Waals surface area contributed by atoms with Crippen molar-refractivity contribution in [2.45, 2.75) is 89.4 Å². The van der Waals surface area contributed by atoms with Gasteiger partial charge in [-0.05, 0) is 10.1 Å². The largest absolute Gasteiger partial charge is 0.0651 e. The molecule has 1 fully saturated rings. The molecule has 1 aliphatic heterocycles. The van der Waals surface area contributed by atoms with Gasteiger partial charge in [0.05, 0.1) is 8.07 Å². The van der Waals surface area contributed by atoms with Crippen LogP contribution in [-0.4, -0.2) is 8.07 Å². The van der Waals surface area contributed by atoms with Gasteiger partial charge in [0.25, 0.3) is 0 Å². The number of hydrogen-bond acceptors (Lipinski definition) is 0. The Hall–Kier alpha value is 0.217. The molecule has 1 rings (SSSR count). The van der Waals surface area contributed by atoms with E-state index in [1.165, 1.54) is 25.7 Å². The minimum absolute atomic E-state index is 0.642. The fraction of sp³-hybridized carbons (Fsp3) is 1.00. The first-order valence-electron chi connectivity index (χ1n) is 6.83. The lowest BCUT2D eigenvalue weighted by Crippen LogP contribution is -2.51. The molecule has 0 bridgehead atoms. The summed E-state index contributed by atoms with van der Waals surface area (Å²) < 4.78 is 0. The molecule has 0 aliphatic carbocycles. The van der Waals surface area contributed by atoms with Gasteiger partial charge in [-0.15, -0.1) is 0 Å². The van der Waals surface area contributed by atoms with Gasteiger partial charge in [-0.3, -0.25) is 0 Å². The van der Waals surface area contributed by atoms with Crippen LogP contribution in [0.3, 0.4) is 0 Å². The van der Waals surface area contributed by atoms with Crippen molar-refractivity contribution in [2.24, 2.45) is 0 Å². The molecule has 0 nitrogen and oxygen atoms in total. The molecule has 0 unspecified atom stereocenters. The Bertz CT molecular complexity index is 191. The predicted molar refractivity (Wildman–Crippen MR) is 73.3 cm³/mol. The van der Waals surface area contributed by atoms with Crippen molar-refractivity contribution in [3.8, 4) is 0 Å². The molecule has 0 N–H and O–H groups in total. The molecule has 1 aliphatic rings. The fourth-order valence-electron chi connectivity index (χ4n) is 3.92. The molecule has 0 aromatic rings. The second-order valence-corrected chi connectivity index (χ2v) is 12.6. The van der Waals surface area contributed by atoms with E-state index in [-0.39, 0.29) is 0 Å². The SMILES string of the molecule is CCC(C)(C)[Si]1(C(C)(C)CC)CCCC1. The van der Waals surface area contributed by atoms with Crippen LogP contribution in [0.25, 0.3) is 0 Å². The van der Waals surface area contributed by atoms with E-state index >= 15 is 0 Å². The zero-order valence-corrected chi connectivity index (χ0v) is 12.7. The van der Waals surface area contributed by atoms with Gasteiger partial charge in [-0.25, -0.2) is 0 Å². The van der Waals surface area contributed by atoms with E-state index in [2.05, 4.69) is 41.5 Å². The lowest BCUT2D eigenvalue weighted by atomic mass is 10.1. The summed E-state index contributed by atoms with van der Waals surface area (Å²) in [6, 6.07) is 3.18. The average molecular weight is 226 g/mol. The number of rotatable bonds is 4. The Balaban J connectivity index is 3.09. The van der Waals surface area contributed by atoms with Gasteiger partial charge < -0.3 is 0 Å². The van der Waals surface area contributed by atoms with Gasteiger partial charge in [0.15, 0.2) is 0 Å². The quantitative estimate of drug-likeness (QED) is 0.547. The van der Waals surface area contributed by atoms with Crippen LogP contribution in [0, 0.1) is 0 Å². The van der Waals surface area contributed by atoms with Crippen molar-refractivity contribution in [1.29, 1.82) is 0 Å². The summed E-state index contributed by atoms with van der Waals surface area (Å²) in [5.74, 6) is 0. The summed E-state index contributed by atoms with van der Waals surface area (Å²) in [7, 11) is -1.09. The number of hydrogen-bond donors (Lipinski definition) is 0. The van der Waals surface area contributed by atoms with Crippen molar-refractivity contribution >= 4 is 8.07 Å². The van der Waals surface area contributed by atoms with E-state index in [9.17, 15) is 0 Å². The van der Waals surface area contributed by atoms with Crippen LogP contribution < -0.4 is 0 Å². The lowest BCUT2D eigenvalue weighted by molar-refractivity contribution is 0.524. The van der Waals surface area contributed by atoms with Crippen molar-refractivity contribution in [2.75, 3.05) is 0 Å². The molecule has 0 saturated carbocycles. The van der Waals surface area contributed by atoms with Crippen LogP contribution >= 0.6 is 0 Å². The van der Waals surface area contributed by atoms with Crippen LogP contribution in [0.5, 0.6) is 0 Å². The molecule has 0 spiro atoms. The van der Waals surface area contributed by atoms with Crippen LogP contribution in [0.1, 0.15) is 67.2 Å². The molecular weight excluding hydrogens is 196 g/mol. The molecule has 0 aromatic carbocycles. The summed E-state index contributed by atoms with van der Waals surface area (Å²) in [6.07, 6.45) is 5.78. The van der Waals surface area contributed by atoms with Crippen molar-refractivity contribution < 1.29 is 0 Å². The van der Waals surface area contributed by atoms with E-state index in [4.69, 9.17) is 0 Å². The van der Waals surface area contributed by atoms with Crippen LogP contribution in [-0.2, 0) is 0 Å². The van der Waals surface area contributed by atoms with Crippen molar-refractivity contribution in [3.63, 3.8) is 0 Å². The van der Waals surface area contributed by atoms with Gasteiger partial charge >= 0.3 is 0 Å². The molecule has 1 heteroatoms. The topological polar surface area (TPSA) is 0 Å². The third-order valence-electron chi connectivity index (χ3n) is 5.82. The van der Waals surface area contributed by atoms with Gasteiger partial charge in [-0.2, -0.15) is 0 Å². The molecule has 90 valence electrons. The highest BCUT2D eigenvalue weighted by Gasteiger charge is 2.55. The second kappa shape index (κ2) is 4.23. The van der Waals surface area contributed by atoms with E-state index in [1.807, 2.05) is 0 Å². The highest BCUT2D eigenvalue weighted by Crippen LogP contribution is 2.62. The van der Waals surface area contributed by atoms with Crippen molar-refractivity contribution in [1.82, 2.24) is 0 Å². The van der Waals surface area contributed by atoms with E-state index in [0.717, 1.165) is 0 Å². The highest BCUT2D eigenvalue weighted by atomic mass is 28.3. The van der Waals surface area contributed by atoms with Crippen LogP contribution in [0.15, 0.2) is 0 Å². The first kappa shape index (κ1) is 13.3. The average Bonchev–Trinajstić information content (AvgIpc) is 2.68. The summed E-state index contributed by atoms with van der Waals surface area (Å²) in [5.41, 5.74) is 0. The van der Waals surface area contributed by atoms with E-state index in [1.54, 1.807) is 12.1 Å². The summed E-state index contributed by atoms with van der Waals surface area (Å²) in [5, 5.41) is 1.28. The molecule has 1 saturated heterocycles. The minimum atomic E-state index is -1.09. The molecule has 0 aromatic heterocycles. The Morgan fingerprint density at radius 3 is 1.40 bits per heavy atom. The Labute approximate surface area is 97.9 Å². The first-order valence-corrected chi connectivity index (χ1v) is 9.24. The maximum absolute atomic E-state index is 2.56. The fourth-order valence-corrected chi connectivity index (χ4v) is 11.8.